The first-order chi connectivity index (χ1) is 15.5. The van der Waals surface area contributed by atoms with Crippen molar-refractivity contribution in [3.8, 4) is 0 Å². The van der Waals surface area contributed by atoms with Crippen molar-refractivity contribution in [1.29, 1.82) is 0 Å². The maximum absolute atomic E-state index is 14.6. The molecule has 2 aromatic carbocycles. The number of halogens is 4. The first kappa shape index (κ1) is 21.7. The fourth-order valence-electron chi connectivity index (χ4n) is 5.25. The molecule has 3 heterocycles. The highest BCUT2D eigenvalue weighted by Gasteiger charge is 2.46. The molecule has 0 aliphatic carbocycles. The maximum atomic E-state index is 14.6. The Morgan fingerprint density at radius 1 is 1.16 bits per heavy atom. The molecule has 2 aliphatic rings. The molecule has 166 valence electrons. The number of fused-ring (bicyclic) bond motifs is 3. The van der Waals surface area contributed by atoms with Crippen LogP contribution in [0.3, 0.4) is 0 Å². The third kappa shape index (κ3) is 3.70. The molecule has 32 heavy (non-hydrogen) atoms. The lowest BCUT2D eigenvalue weighted by molar-refractivity contribution is 0.128. The molecule has 0 spiro atoms. The van der Waals surface area contributed by atoms with Gasteiger partial charge in [0.15, 0.2) is 5.82 Å². The van der Waals surface area contributed by atoms with Crippen LogP contribution in [0.4, 0.5) is 14.6 Å². The molecule has 4 nitrogen and oxygen atoms in total. The van der Waals surface area contributed by atoms with Crippen LogP contribution in [-0.4, -0.2) is 39.5 Å². The van der Waals surface area contributed by atoms with Crippen molar-refractivity contribution in [2.45, 2.75) is 43.9 Å². The van der Waals surface area contributed by atoms with Gasteiger partial charge in [0.1, 0.15) is 17.2 Å². The average molecular weight is 520 g/mol. The van der Waals surface area contributed by atoms with E-state index in [1.807, 2.05) is 12.1 Å². The van der Waals surface area contributed by atoms with Crippen molar-refractivity contribution in [1.82, 2.24) is 14.9 Å². The number of nitrogens with zero attached hydrogens (tertiary/aromatic N) is 4. The molecular formula is C24H22BrClF2N4. The Bertz CT molecular complexity index is 1180. The molecule has 2 bridgehead atoms. The number of hydrogen-bond donors (Lipinski definition) is 0. The van der Waals surface area contributed by atoms with E-state index in [4.69, 9.17) is 11.6 Å². The molecule has 0 saturated carbocycles. The van der Waals surface area contributed by atoms with Gasteiger partial charge in [0, 0.05) is 37.3 Å². The molecule has 2 aliphatic heterocycles. The predicted molar refractivity (Wildman–Crippen MR) is 127 cm³/mol. The van der Waals surface area contributed by atoms with E-state index >= 15 is 0 Å². The number of aromatic nitrogens is 2. The third-order valence-corrected chi connectivity index (χ3v) is 7.55. The van der Waals surface area contributed by atoms with Crippen molar-refractivity contribution in [3.05, 3.63) is 76.0 Å². The number of rotatable bonds is 5. The number of benzene rings is 2. The van der Waals surface area contributed by atoms with E-state index in [2.05, 4.69) is 66.5 Å². The zero-order chi connectivity index (χ0) is 22.4. The van der Waals surface area contributed by atoms with Gasteiger partial charge in [-0.05, 0) is 52.4 Å². The van der Waals surface area contributed by atoms with Crippen LogP contribution in [0.15, 0.2) is 53.5 Å². The standard InChI is InChI=1S/C24H22BrClF2N4/c1-2-6-18-19-10-9-15(31(19)12-14-7-4-3-5-8-14)13-32(18)23-20-21(25)16(27)11-17(28)22(20)29-24(26)30-23/h2-5,7-8,11,15,18-19H,1,6,9-10,12-13H2/t15-,18+,19+/m0/s1. The second-order valence-corrected chi connectivity index (χ2v) is 9.53. The van der Waals surface area contributed by atoms with Crippen LogP contribution in [-0.2, 0) is 6.54 Å². The van der Waals surface area contributed by atoms with E-state index < -0.39 is 11.6 Å². The smallest absolute Gasteiger partial charge is 0.225 e. The number of anilines is 1. The van der Waals surface area contributed by atoms with Crippen molar-refractivity contribution < 1.29 is 8.78 Å². The van der Waals surface area contributed by atoms with Crippen molar-refractivity contribution in [2.75, 3.05) is 11.4 Å². The lowest BCUT2D eigenvalue weighted by Crippen LogP contribution is -2.59. The first-order valence-corrected chi connectivity index (χ1v) is 11.8. The summed E-state index contributed by atoms with van der Waals surface area (Å²) in [5.41, 5.74) is 1.29. The van der Waals surface area contributed by atoms with Crippen LogP contribution in [0, 0.1) is 11.6 Å². The van der Waals surface area contributed by atoms with Crippen molar-refractivity contribution in [3.63, 3.8) is 0 Å². The monoisotopic (exact) mass is 518 g/mol. The second-order valence-electron chi connectivity index (χ2n) is 8.39. The Kier molecular flexibility index (Phi) is 5.90. The van der Waals surface area contributed by atoms with Crippen LogP contribution in [0.2, 0.25) is 5.28 Å². The summed E-state index contributed by atoms with van der Waals surface area (Å²) in [4.78, 5) is 13.2. The van der Waals surface area contributed by atoms with Crippen LogP contribution in [0.1, 0.15) is 24.8 Å². The van der Waals surface area contributed by atoms with Gasteiger partial charge in [0.05, 0.1) is 9.86 Å². The van der Waals surface area contributed by atoms with E-state index in [-0.39, 0.29) is 27.4 Å². The molecule has 5 rings (SSSR count). The minimum absolute atomic E-state index is 0.0182. The lowest BCUT2D eigenvalue weighted by Gasteiger charge is -2.47. The molecule has 1 aromatic heterocycles. The third-order valence-electron chi connectivity index (χ3n) is 6.60. The zero-order valence-electron chi connectivity index (χ0n) is 17.3. The summed E-state index contributed by atoms with van der Waals surface area (Å²) in [6.07, 6.45) is 4.73. The maximum Gasteiger partial charge on any atom is 0.225 e. The molecular weight excluding hydrogens is 498 g/mol. The summed E-state index contributed by atoms with van der Waals surface area (Å²) in [5, 5.41) is 0.262. The SMILES string of the molecule is C=CC[C@@H]1[C@H]2CC[C@@H](CN1c1nc(Cl)nc3c(F)cc(F)c(Br)c13)N2Cc1ccccc1. The molecule has 0 N–H and O–H groups in total. The summed E-state index contributed by atoms with van der Waals surface area (Å²) in [6, 6.07) is 11.9. The van der Waals surface area contributed by atoms with Crippen LogP contribution in [0.5, 0.6) is 0 Å². The molecule has 8 heteroatoms. The van der Waals surface area contributed by atoms with Gasteiger partial charge in [-0.15, -0.1) is 6.58 Å². The fraction of sp³-hybridized carbons (Fsp3) is 0.333. The average Bonchev–Trinajstić information content (AvgIpc) is 3.06. The minimum Gasteiger partial charge on any atom is -0.349 e. The molecule has 0 unspecified atom stereocenters. The van der Waals surface area contributed by atoms with Gasteiger partial charge in [-0.2, -0.15) is 4.98 Å². The topological polar surface area (TPSA) is 32.3 Å². The predicted octanol–water partition coefficient (Wildman–Crippen LogP) is 6.12. The zero-order valence-corrected chi connectivity index (χ0v) is 19.7. The Morgan fingerprint density at radius 3 is 2.69 bits per heavy atom. The second kappa shape index (κ2) is 8.69. The van der Waals surface area contributed by atoms with Gasteiger partial charge < -0.3 is 4.90 Å². The summed E-state index contributed by atoms with van der Waals surface area (Å²) >= 11 is 9.50. The Labute approximate surface area is 199 Å². The van der Waals surface area contributed by atoms with E-state index in [0.717, 1.165) is 31.9 Å². The highest BCUT2D eigenvalue weighted by atomic mass is 79.9. The quantitative estimate of drug-likeness (QED) is 0.231. The van der Waals surface area contributed by atoms with Gasteiger partial charge >= 0.3 is 0 Å². The molecule has 2 fully saturated rings. The largest absolute Gasteiger partial charge is 0.349 e. The Balaban J connectivity index is 1.59. The van der Waals surface area contributed by atoms with E-state index in [0.29, 0.717) is 23.8 Å². The highest BCUT2D eigenvalue weighted by molar-refractivity contribution is 9.10. The normalized spacial score (nSPS) is 23.1. The Hall–Kier alpha value is -2.09. The minimum atomic E-state index is -0.753. The van der Waals surface area contributed by atoms with Crippen LogP contribution in [0.25, 0.3) is 10.9 Å². The van der Waals surface area contributed by atoms with E-state index in [1.165, 1.54) is 5.56 Å². The van der Waals surface area contributed by atoms with Gasteiger partial charge in [-0.1, -0.05) is 36.4 Å². The molecule has 3 atom stereocenters. The summed E-state index contributed by atoms with van der Waals surface area (Å²) in [5.74, 6) is -0.973. The fourth-order valence-corrected chi connectivity index (χ4v) is 5.90. The van der Waals surface area contributed by atoms with E-state index in [9.17, 15) is 8.78 Å². The molecule has 0 amide bonds. The highest BCUT2D eigenvalue weighted by Crippen LogP contribution is 2.42. The Morgan fingerprint density at radius 2 is 1.94 bits per heavy atom. The van der Waals surface area contributed by atoms with Gasteiger partial charge in [-0.25, -0.2) is 13.8 Å². The first-order valence-electron chi connectivity index (χ1n) is 10.7. The number of piperazine rings is 1. The van der Waals surface area contributed by atoms with Crippen LogP contribution < -0.4 is 4.90 Å². The summed E-state index contributed by atoms with van der Waals surface area (Å²) in [7, 11) is 0. The molecule has 3 aromatic rings. The summed E-state index contributed by atoms with van der Waals surface area (Å²) < 4.78 is 29.2. The van der Waals surface area contributed by atoms with E-state index in [1.54, 1.807) is 0 Å². The van der Waals surface area contributed by atoms with Gasteiger partial charge in [0.2, 0.25) is 5.28 Å². The lowest BCUT2D eigenvalue weighted by atomic mass is 9.98. The van der Waals surface area contributed by atoms with Gasteiger partial charge in [0.25, 0.3) is 0 Å². The molecule has 2 saturated heterocycles. The van der Waals surface area contributed by atoms with Crippen LogP contribution >= 0.6 is 27.5 Å². The van der Waals surface area contributed by atoms with Gasteiger partial charge in [-0.3, -0.25) is 4.90 Å². The van der Waals surface area contributed by atoms with Crippen molar-refractivity contribution in [2.24, 2.45) is 0 Å². The van der Waals surface area contributed by atoms with Crippen molar-refractivity contribution >= 4 is 44.3 Å². The molecule has 0 radical (unpaired) electrons. The summed E-state index contributed by atoms with van der Waals surface area (Å²) in [6.45, 7) is 5.53. The number of hydrogen-bond acceptors (Lipinski definition) is 4.